The van der Waals surface area contributed by atoms with Crippen LogP contribution in [-0.4, -0.2) is 35.7 Å². The first-order chi connectivity index (χ1) is 14.2. The van der Waals surface area contributed by atoms with E-state index in [1.54, 1.807) is 0 Å². The number of nitrogens with one attached hydrogen (secondary N) is 1. The first kappa shape index (κ1) is 19.4. The highest BCUT2D eigenvalue weighted by Crippen LogP contribution is 2.21. The van der Waals surface area contributed by atoms with Crippen LogP contribution in [0, 0.1) is 0 Å². The van der Waals surface area contributed by atoms with Gasteiger partial charge in [0.2, 0.25) is 0 Å². The molecule has 1 fully saturated rings. The van der Waals surface area contributed by atoms with Crippen LogP contribution in [0.3, 0.4) is 0 Å². The van der Waals surface area contributed by atoms with E-state index in [1.165, 1.54) is 12.8 Å². The summed E-state index contributed by atoms with van der Waals surface area (Å²) in [6, 6.07) is 19.1. The normalized spacial score (nSPS) is 13.5. The Morgan fingerprint density at radius 3 is 2.31 bits per heavy atom. The zero-order chi connectivity index (χ0) is 20.1. The molecule has 1 aromatic heterocycles. The van der Waals surface area contributed by atoms with Gasteiger partial charge in [-0.15, -0.1) is 10.2 Å². The Kier molecular flexibility index (Phi) is 6.06. The quantitative estimate of drug-likeness (QED) is 0.660. The van der Waals surface area contributed by atoms with Gasteiger partial charge in [0.25, 0.3) is 5.91 Å². The van der Waals surface area contributed by atoms with Gasteiger partial charge in [0, 0.05) is 35.8 Å². The zero-order valence-corrected chi connectivity index (χ0v) is 16.9. The van der Waals surface area contributed by atoms with Crippen LogP contribution in [0.1, 0.15) is 28.8 Å². The van der Waals surface area contributed by atoms with Gasteiger partial charge in [-0.2, -0.15) is 0 Å². The third-order valence-electron chi connectivity index (χ3n) is 5.14. The molecule has 148 valence electrons. The summed E-state index contributed by atoms with van der Waals surface area (Å²) in [5.74, 6) is 0.851. The number of nitrogens with zero attached hydrogens (tertiary/aromatic N) is 3. The third-order valence-corrected chi connectivity index (χ3v) is 5.39. The third kappa shape index (κ3) is 4.93. The number of benzene rings is 2. The Morgan fingerprint density at radius 1 is 0.931 bits per heavy atom. The number of anilines is 1. The summed E-state index contributed by atoms with van der Waals surface area (Å²) >= 11 is 5.89. The number of hydrogen-bond acceptors (Lipinski definition) is 4. The second-order valence-corrected chi connectivity index (χ2v) is 7.62. The minimum atomic E-state index is -0.0824. The maximum absolute atomic E-state index is 12.4. The molecule has 6 heteroatoms. The summed E-state index contributed by atoms with van der Waals surface area (Å²) < 4.78 is 0. The van der Waals surface area contributed by atoms with Crippen molar-refractivity contribution in [3.63, 3.8) is 0 Å². The maximum atomic E-state index is 12.4. The summed E-state index contributed by atoms with van der Waals surface area (Å²) in [6.07, 6.45) is 3.19. The minimum absolute atomic E-state index is 0.0824. The Hall–Kier alpha value is -2.92. The second-order valence-electron chi connectivity index (χ2n) is 7.18. The van der Waals surface area contributed by atoms with Crippen molar-refractivity contribution in [3.8, 4) is 11.3 Å². The number of aromatic nitrogens is 2. The lowest BCUT2D eigenvalue weighted by Crippen LogP contribution is -2.25. The van der Waals surface area contributed by atoms with Crippen molar-refractivity contribution < 1.29 is 4.79 Å². The predicted octanol–water partition coefficient (Wildman–Crippen LogP) is 4.37. The van der Waals surface area contributed by atoms with Gasteiger partial charge in [0.05, 0.1) is 5.69 Å². The van der Waals surface area contributed by atoms with Crippen molar-refractivity contribution in [2.24, 2.45) is 0 Å². The molecule has 0 bridgehead atoms. The standard InChI is InChI=1S/C23H23ClN4O/c24-20-9-3-17(4-10-20)13-14-25-23(29)19-7-5-18(6-8-19)21-11-12-22(27-26-21)28-15-1-2-16-28/h3-12H,1-2,13-16H2,(H,25,29). The Morgan fingerprint density at radius 2 is 1.66 bits per heavy atom. The maximum Gasteiger partial charge on any atom is 0.251 e. The molecule has 3 aromatic rings. The molecule has 29 heavy (non-hydrogen) atoms. The lowest BCUT2D eigenvalue weighted by Gasteiger charge is -2.15. The van der Waals surface area contributed by atoms with Crippen molar-refractivity contribution in [1.82, 2.24) is 15.5 Å². The number of carbonyl (C=O) groups excluding carboxylic acids is 1. The molecule has 0 unspecified atom stereocenters. The van der Waals surface area contributed by atoms with Crippen LogP contribution < -0.4 is 10.2 Å². The Balaban J connectivity index is 1.33. The van der Waals surface area contributed by atoms with Crippen LogP contribution in [0.5, 0.6) is 0 Å². The van der Waals surface area contributed by atoms with Crippen LogP contribution in [0.15, 0.2) is 60.7 Å². The van der Waals surface area contributed by atoms with E-state index in [0.717, 1.165) is 42.1 Å². The molecule has 0 atom stereocenters. The fraction of sp³-hybridized carbons (Fsp3) is 0.261. The van der Waals surface area contributed by atoms with Crippen LogP contribution in [0.25, 0.3) is 11.3 Å². The van der Waals surface area contributed by atoms with Crippen molar-refractivity contribution in [1.29, 1.82) is 0 Å². The number of halogens is 1. The number of rotatable bonds is 6. The van der Waals surface area contributed by atoms with Crippen molar-refractivity contribution in [2.75, 3.05) is 24.5 Å². The van der Waals surface area contributed by atoms with Crippen LogP contribution in [0.2, 0.25) is 5.02 Å². The van der Waals surface area contributed by atoms with Gasteiger partial charge < -0.3 is 10.2 Å². The molecule has 1 saturated heterocycles. The van der Waals surface area contributed by atoms with Crippen LogP contribution in [0.4, 0.5) is 5.82 Å². The average molecular weight is 407 g/mol. The summed E-state index contributed by atoms with van der Waals surface area (Å²) in [5, 5.41) is 12.4. The first-order valence-electron chi connectivity index (χ1n) is 9.91. The molecular weight excluding hydrogens is 384 g/mol. The fourth-order valence-corrected chi connectivity index (χ4v) is 3.59. The van der Waals surface area contributed by atoms with Crippen molar-refractivity contribution in [2.45, 2.75) is 19.3 Å². The van der Waals surface area contributed by atoms with Gasteiger partial charge in [-0.25, -0.2) is 0 Å². The van der Waals surface area contributed by atoms with Gasteiger partial charge in [0.1, 0.15) is 0 Å². The Bertz CT molecular complexity index is 950. The predicted molar refractivity (Wildman–Crippen MR) is 116 cm³/mol. The van der Waals surface area contributed by atoms with E-state index >= 15 is 0 Å². The molecule has 1 aliphatic rings. The summed E-state index contributed by atoms with van der Waals surface area (Å²) in [4.78, 5) is 14.6. The topological polar surface area (TPSA) is 58.1 Å². The molecular formula is C23H23ClN4O. The Labute approximate surface area is 175 Å². The SMILES string of the molecule is O=C(NCCc1ccc(Cl)cc1)c1ccc(-c2ccc(N3CCCC3)nn2)cc1. The molecule has 4 rings (SSSR count). The minimum Gasteiger partial charge on any atom is -0.355 e. The molecule has 0 saturated carbocycles. The first-order valence-corrected chi connectivity index (χ1v) is 10.3. The van der Waals surface area contributed by atoms with Crippen molar-refractivity contribution >= 4 is 23.3 Å². The van der Waals surface area contributed by atoms with E-state index < -0.39 is 0 Å². The molecule has 5 nitrogen and oxygen atoms in total. The van der Waals surface area contributed by atoms with Gasteiger partial charge in [-0.3, -0.25) is 4.79 Å². The van der Waals surface area contributed by atoms with Crippen molar-refractivity contribution in [3.05, 3.63) is 76.8 Å². The second kappa shape index (κ2) is 9.05. The lowest BCUT2D eigenvalue weighted by molar-refractivity contribution is 0.0954. The van der Waals surface area contributed by atoms with E-state index in [-0.39, 0.29) is 5.91 Å². The van der Waals surface area contributed by atoms with E-state index in [4.69, 9.17) is 11.6 Å². The van der Waals surface area contributed by atoms with E-state index in [9.17, 15) is 4.79 Å². The van der Waals surface area contributed by atoms with Gasteiger partial charge >= 0.3 is 0 Å². The zero-order valence-electron chi connectivity index (χ0n) is 16.1. The number of amides is 1. The lowest BCUT2D eigenvalue weighted by atomic mass is 10.1. The molecule has 1 amide bonds. The fourth-order valence-electron chi connectivity index (χ4n) is 3.46. The van der Waals surface area contributed by atoms with Gasteiger partial charge in [0.15, 0.2) is 5.82 Å². The highest BCUT2D eigenvalue weighted by molar-refractivity contribution is 6.30. The highest BCUT2D eigenvalue weighted by Gasteiger charge is 2.14. The van der Waals surface area contributed by atoms with E-state index in [2.05, 4.69) is 20.4 Å². The number of hydrogen-bond donors (Lipinski definition) is 1. The smallest absolute Gasteiger partial charge is 0.251 e. The van der Waals surface area contributed by atoms with Gasteiger partial charge in [-0.1, -0.05) is 35.9 Å². The molecule has 0 radical (unpaired) electrons. The number of carbonyl (C=O) groups is 1. The summed E-state index contributed by atoms with van der Waals surface area (Å²) in [6.45, 7) is 2.68. The largest absolute Gasteiger partial charge is 0.355 e. The average Bonchev–Trinajstić information content (AvgIpc) is 3.30. The summed E-state index contributed by atoms with van der Waals surface area (Å²) in [5.41, 5.74) is 3.53. The summed E-state index contributed by atoms with van der Waals surface area (Å²) in [7, 11) is 0. The molecule has 0 aliphatic carbocycles. The van der Waals surface area contributed by atoms with E-state index in [0.29, 0.717) is 17.1 Å². The molecule has 0 spiro atoms. The monoisotopic (exact) mass is 406 g/mol. The highest BCUT2D eigenvalue weighted by atomic mass is 35.5. The van der Waals surface area contributed by atoms with E-state index in [1.807, 2.05) is 60.7 Å². The molecule has 2 heterocycles. The molecule has 1 N–H and O–H groups in total. The van der Waals surface area contributed by atoms with Crippen LogP contribution in [-0.2, 0) is 6.42 Å². The molecule has 1 aliphatic heterocycles. The molecule has 2 aromatic carbocycles. The van der Waals surface area contributed by atoms with Crippen LogP contribution >= 0.6 is 11.6 Å². The van der Waals surface area contributed by atoms with Gasteiger partial charge in [-0.05, 0) is 61.2 Å².